The van der Waals surface area contributed by atoms with Gasteiger partial charge in [-0.15, -0.1) is 0 Å². The van der Waals surface area contributed by atoms with Crippen molar-refractivity contribution in [3.63, 3.8) is 0 Å². The number of nitrogens with one attached hydrogen (secondary N) is 1. The van der Waals surface area contributed by atoms with Crippen molar-refractivity contribution in [3.8, 4) is 0 Å². The van der Waals surface area contributed by atoms with Crippen LogP contribution in [0.15, 0.2) is 30.6 Å². The van der Waals surface area contributed by atoms with Gasteiger partial charge in [0.25, 0.3) is 0 Å². The Morgan fingerprint density at radius 2 is 2.11 bits per heavy atom. The molecule has 100 valence electrons. The Labute approximate surface area is 111 Å². The van der Waals surface area contributed by atoms with E-state index in [9.17, 15) is 4.79 Å². The highest BCUT2D eigenvalue weighted by Gasteiger charge is 2.13. The normalized spacial score (nSPS) is 10.4. The molecular formula is C13H17N5O. The Hall–Kier alpha value is -2.21. The predicted molar refractivity (Wildman–Crippen MR) is 70.9 cm³/mol. The summed E-state index contributed by atoms with van der Waals surface area (Å²) in [5.74, 6) is 0.695. The lowest BCUT2D eigenvalue weighted by Gasteiger charge is -2.16. The molecule has 0 atom stereocenters. The molecular weight excluding hydrogens is 242 g/mol. The highest BCUT2D eigenvalue weighted by Crippen LogP contribution is 2.10. The first kappa shape index (κ1) is 13.2. The van der Waals surface area contributed by atoms with Gasteiger partial charge in [0.1, 0.15) is 12.2 Å². The molecule has 2 aromatic rings. The van der Waals surface area contributed by atoms with Crippen LogP contribution in [0.4, 0.5) is 0 Å². The van der Waals surface area contributed by atoms with E-state index >= 15 is 0 Å². The highest BCUT2D eigenvalue weighted by atomic mass is 16.2. The molecule has 6 heteroatoms. The molecule has 1 heterocycles. The van der Waals surface area contributed by atoms with E-state index in [1.54, 1.807) is 11.9 Å². The summed E-state index contributed by atoms with van der Waals surface area (Å²) in [6.45, 7) is 0.860. The van der Waals surface area contributed by atoms with E-state index in [4.69, 9.17) is 5.73 Å². The fraction of sp³-hybridized carbons (Fsp3) is 0.308. The lowest BCUT2D eigenvalue weighted by atomic mass is 10.0. The molecule has 0 aliphatic heterocycles. The van der Waals surface area contributed by atoms with Crippen molar-refractivity contribution in [2.75, 3.05) is 7.05 Å². The van der Waals surface area contributed by atoms with Crippen LogP contribution >= 0.6 is 0 Å². The average molecular weight is 259 g/mol. The van der Waals surface area contributed by atoms with E-state index in [1.807, 2.05) is 24.3 Å². The van der Waals surface area contributed by atoms with Gasteiger partial charge in [0.2, 0.25) is 5.91 Å². The largest absolute Gasteiger partial charge is 0.338 e. The molecule has 0 aliphatic rings. The van der Waals surface area contributed by atoms with Crippen molar-refractivity contribution in [1.29, 1.82) is 0 Å². The summed E-state index contributed by atoms with van der Waals surface area (Å²) >= 11 is 0. The van der Waals surface area contributed by atoms with E-state index in [2.05, 4.69) is 15.2 Å². The third-order valence-corrected chi connectivity index (χ3v) is 2.96. The number of amides is 1. The minimum Gasteiger partial charge on any atom is -0.338 e. The molecule has 0 saturated heterocycles. The van der Waals surface area contributed by atoms with Gasteiger partial charge < -0.3 is 10.6 Å². The van der Waals surface area contributed by atoms with E-state index in [0.717, 1.165) is 11.1 Å². The second kappa shape index (κ2) is 6.10. The number of H-pyrrole nitrogens is 1. The first-order valence-electron chi connectivity index (χ1n) is 6.05. The number of aromatic nitrogens is 3. The Morgan fingerprint density at radius 1 is 1.37 bits per heavy atom. The Morgan fingerprint density at radius 3 is 2.74 bits per heavy atom. The van der Waals surface area contributed by atoms with Crippen molar-refractivity contribution in [2.45, 2.75) is 19.5 Å². The summed E-state index contributed by atoms with van der Waals surface area (Å²) in [5, 5.41) is 6.49. The SMILES string of the molecule is CN(Cc1ncn[nH]1)C(=O)Cc1ccccc1CN. The number of likely N-dealkylation sites (N-methyl/N-ethyl adjacent to an activating group) is 1. The molecule has 2 rings (SSSR count). The number of nitrogens with two attached hydrogens (primary N) is 1. The summed E-state index contributed by atoms with van der Waals surface area (Å²) in [7, 11) is 1.75. The van der Waals surface area contributed by atoms with Crippen LogP contribution in [0, 0.1) is 0 Å². The zero-order valence-corrected chi connectivity index (χ0v) is 10.8. The lowest BCUT2D eigenvalue weighted by Crippen LogP contribution is -2.28. The van der Waals surface area contributed by atoms with Crippen LogP contribution in [0.5, 0.6) is 0 Å². The fourth-order valence-corrected chi connectivity index (χ4v) is 1.85. The second-order valence-electron chi connectivity index (χ2n) is 4.33. The van der Waals surface area contributed by atoms with Crippen LogP contribution in [-0.4, -0.2) is 33.0 Å². The molecule has 0 fully saturated rings. The number of benzene rings is 1. The minimum atomic E-state index is 0.0253. The molecule has 19 heavy (non-hydrogen) atoms. The first-order chi connectivity index (χ1) is 9.20. The average Bonchev–Trinajstić information content (AvgIpc) is 2.92. The second-order valence-corrected chi connectivity index (χ2v) is 4.33. The summed E-state index contributed by atoms with van der Waals surface area (Å²) in [6, 6.07) is 7.72. The molecule has 3 N–H and O–H groups in total. The monoisotopic (exact) mass is 259 g/mol. The van der Waals surface area contributed by atoms with Gasteiger partial charge in [-0.3, -0.25) is 9.89 Å². The summed E-state index contributed by atoms with van der Waals surface area (Å²) in [5.41, 5.74) is 7.64. The van der Waals surface area contributed by atoms with Crippen molar-refractivity contribution >= 4 is 5.91 Å². The third kappa shape index (κ3) is 3.38. The topological polar surface area (TPSA) is 87.9 Å². The maximum absolute atomic E-state index is 12.1. The van der Waals surface area contributed by atoms with Gasteiger partial charge >= 0.3 is 0 Å². The van der Waals surface area contributed by atoms with Gasteiger partial charge in [0, 0.05) is 13.6 Å². The molecule has 0 aliphatic carbocycles. The highest BCUT2D eigenvalue weighted by molar-refractivity contribution is 5.78. The Bertz CT molecular complexity index is 538. The summed E-state index contributed by atoms with van der Waals surface area (Å²) in [6.07, 6.45) is 1.77. The molecule has 0 saturated carbocycles. The van der Waals surface area contributed by atoms with Crippen LogP contribution in [0.1, 0.15) is 17.0 Å². The number of hydrogen-bond acceptors (Lipinski definition) is 4. The molecule has 0 radical (unpaired) electrons. The van der Waals surface area contributed by atoms with E-state index < -0.39 is 0 Å². The van der Waals surface area contributed by atoms with Crippen molar-refractivity contribution in [2.24, 2.45) is 5.73 Å². The maximum atomic E-state index is 12.1. The Kier molecular flexibility index (Phi) is 4.25. The van der Waals surface area contributed by atoms with E-state index in [0.29, 0.717) is 25.3 Å². The number of nitrogens with zero attached hydrogens (tertiary/aromatic N) is 3. The van der Waals surface area contributed by atoms with Gasteiger partial charge in [-0.05, 0) is 11.1 Å². The van der Waals surface area contributed by atoms with E-state index in [1.165, 1.54) is 6.33 Å². The zero-order valence-electron chi connectivity index (χ0n) is 10.8. The van der Waals surface area contributed by atoms with Crippen molar-refractivity contribution in [3.05, 3.63) is 47.5 Å². The van der Waals surface area contributed by atoms with Crippen LogP contribution in [-0.2, 0) is 24.3 Å². The minimum absolute atomic E-state index is 0.0253. The van der Waals surface area contributed by atoms with Gasteiger partial charge in [-0.1, -0.05) is 24.3 Å². The molecule has 1 aromatic carbocycles. The Balaban J connectivity index is 2.00. The van der Waals surface area contributed by atoms with Crippen molar-refractivity contribution in [1.82, 2.24) is 20.1 Å². The number of carbonyl (C=O) groups excluding carboxylic acids is 1. The van der Waals surface area contributed by atoms with Crippen LogP contribution < -0.4 is 5.73 Å². The summed E-state index contributed by atoms with van der Waals surface area (Å²) < 4.78 is 0. The van der Waals surface area contributed by atoms with Crippen molar-refractivity contribution < 1.29 is 4.79 Å². The van der Waals surface area contributed by atoms with Gasteiger partial charge in [0.15, 0.2) is 0 Å². The molecule has 1 aromatic heterocycles. The predicted octanol–water partition coefficient (Wildman–Crippen LogP) is 0.464. The molecule has 1 amide bonds. The number of carbonyl (C=O) groups is 1. The van der Waals surface area contributed by atoms with Gasteiger partial charge in [-0.2, -0.15) is 5.10 Å². The van der Waals surface area contributed by atoms with Gasteiger partial charge in [0.05, 0.1) is 13.0 Å². The standard InChI is InChI=1S/C13H17N5O/c1-18(8-12-15-9-16-17-12)13(19)6-10-4-2-3-5-11(10)7-14/h2-5,9H,6-8,14H2,1H3,(H,15,16,17). The fourth-order valence-electron chi connectivity index (χ4n) is 1.85. The number of aromatic amines is 1. The molecule has 0 bridgehead atoms. The quantitative estimate of drug-likeness (QED) is 0.816. The van der Waals surface area contributed by atoms with Crippen LogP contribution in [0.3, 0.4) is 0 Å². The number of hydrogen-bond donors (Lipinski definition) is 2. The maximum Gasteiger partial charge on any atom is 0.227 e. The first-order valence-corrected chi connectivity index (χ1v) is 6.05. The number of rotatable bonds is 5. The smallest absolute Gasteiger partial charge is 0.227 e. The summed E-state index contributed by atoms with van der Waals surface area (Å²) in [4.78, 5) is 17.7. The van der Waals surface area contributed by atoms with Gasteiger partial charge in [-0.25, -0.2) is 4.98 Å². The molecule has 0 unspecified atom stereocenters. The van der Waals surface area contributed by atoms with E-state index in [-0.39, 0.29) is 5.91 Å². The lowest BCUT2D eigenvalue weighted by molar-refractivity contribution is -0.129. The molecule has 6 nitrogen and oxygen atoms in total. The van der Waals surface area contributed by atoms with Crippen LogP contribution in [0.25, 0.3) is 0 Å². The third-order valence-electron chi connectivity index (χ3n) is 2.96. The molecule has 0 spiro atoms. The van der Waals surface area contributed by atoms with Crippen LogP contribution in [0.2, 0.25) is 0 Å². The zero-order chi connectivity index (χ0) is 13.7.